The predicted molar refractivity (Wildman–Crippen MR) is 148 cm³/mol. The molecular weight excluding hydrogens is 517 g/mol. The van der Waals surface area contributed by atoms with Crippen molar-refractivity contribution in [3.63, 3.8) is 0 Å². The van der Waals surface area contributed by atoms with Crippen molar-refractivity contribution in [3.05, 3.63) is 70.5 Å². The molecule has 1 fully saturated rings. The van der Waals surface area contributed by atoms with Crippen LogP contribution in [-0.2, 0) is 4.74 Å². The number of rotatable bonds is 7. The monoisotopic (exact) mass is 545 g/mol. The number of nitrogens with zero attached hydrogens (tertiary/aromatic N) is 5. The standard InChI is InChI=1S/C26H28ClN5O2S.ClH/c1-18-15-20(27)16-23-24(18)29-26(35-23)31(10-6-9-30-11-13-34-14-12-30)25(33)22-17-28-32(19(22)2)21-7-4-3-5-8-21;/h3-5,7-8,15-17H,6,9-14H2,1-2H3;1H. The number of carbonyl (C=O) groups is 1. The van der Waals surface area contributed by atoms with Gasteiger partial charge in [-0.1, -0.05) is 41.1 Å². The summed E-state index contributed by atoms with van der Waals surface area (Å²) in [5.74, 6) is -0.0885. The number of thiazole rings is 1. The van der Waals surface area contributed by atoms with Crippen LogP contribution in [0, 0.1) is 13.8 Å². The number of hydrogen-bond donors (Lipinski definition) is 0. The van der Waals surface area contributed by atoms with Crippen LogP contribution in [0.1, 0.15) is 28.0 Å². The van der Waals surface area contributed by atoms with Crippen LogP contribution in [0.2, 0.25) is 5.02 Å². The first-order chi connectivity index (χ1) is 17.0. The largest absolute Gasteiger partial charge is 0.379 e. The minimum absolute atomic E-state index is 0. The molecule has 0 N–H and O–H groups in total. The Kier molecular flexibility index (Phi) is 8.64. The quantitative estimate of drug-likeness (QED) is 0.305. The van der Waals surface area contributed by atoms with E-state index in [1.165, 1.54) is 11.3 Å². The Bertz CT molecular complexity index is 1340. The number of aryl methyl sites for hydroxylation is 1. The summed E-state index contributed by atoms with van der Waals surface area (Å²) < 4.78 is 8.25. The Morgan fingerprint density at radius 3 is 2.67 bits per heavy atom. The van der Waals surface area contributed by atoms with Crippen molar-refractivity contribution < 1.29 is 9.53 Å². The van der Waals surface area contributed by atoms with Gasteiger partial charge in [-0.25, -0.2) is 9.67 Å². The molecule has 0 atom stereocenters. The molecule has 1 amide bonds. The number of hydrogen-bond acceptors (Lipinski definition) is 6. The molecule has 0 saturated carbocycles. The van der Waals surface area contributed by atoms with Crippen molar-refractivity contribution in [2.24, 2.45) is 0 Å². The van der Waals surface area contributed by atoms with E-state index >= 15 is 0 Å². The highest BCUT2D eigenvalue weighted by molar-refractivity contribution is 7.22. The molecule has 2 aromatic heterocycles. The average molecular weight is 547 g/mol. The van der Waals surface area contributed by atoms with Crippen molar-refractivity contribution in [2.75, 3.05) is 44.3 Å². The third-order valence-electron chi connectivity index (χ3n) is 6.32. The highest BCUT2D eigenvalue weighted by Crippen LogP contribution is 2.34. The van der Waals surface area contributed by atoms with E-state index in [9.17, 15) is 4.79 Å². The maximum atomic E-state index is 13.9. The molecule has 1 saturated heterocycles. The summed E-state index contributed by atoms with van der Waals surface area (Å²) in [6, 6.07) is 13.7. The SMILES string of the molecule is Cc1cc(Cl)cc2sc(N(CCCN3CCOCC3)C(=O)c3cnn(-c4ccccc4)c3C)nc12.Cl. The van der Waals surface area contributed by atoms with Crippen molar-refractivity contribution in [3.8, 4) is 5.69 Å². The lowest BCUT2D eigenvalue weighted by Gasteiger charge is -2.27. The number of carbonyl (C=O) groups excluding carboxylic acids is 1. The smallest absolute Gasteiger partial charge is 0.263 e. The molecule has 5 rings (SSSR count). The summed E-state index contributed by atoms with van der Waals surface area (Å²) >= 11 is 7.79. The van der Waals surface area contributed by atoms with Gasteiger partial charge in [0.25, 0.3) is 5.91 Å². The molecule has 10 heteroatoms. The van der Waals surface area contributed by atoms with Gasteiger partial charge in [-0.05, 0) is 50.1 Å². The summed E-state index contributed by atoms with van der Waals surface area (Å²) in [6.07, 6.45) is 2.50. The molecule has 7 nitrogen and oxygen atoms in total. The molecule has 4 aromatic rings. The number of ether oxygens (including phenoxy) is 1. The Balaban J connectivity index is 0.00000304. The van der Waals surface area contributed by atoms with Gasteiger partial charge in [0.05, 0.1) is 46.6 Å². The van der Waals surface area contributed by atoms with E-state index in [1.807, 2.05) is 56.3 Å². The van der Waals surface area contributed by atoms with Gasteiger partial charge < -0.3 is 4.74 Å². The molecule has 3 heterocycles. The first-order valence-corrected chi connectivity index (χ1v) is 13.0. The van der Waals surface area contributed by atoms with Gasteiger partial charge in [0.2, 0.25) is 0 Å². The molecule has 2 aromatic carbocycles. The number of para-hydroxylation sites is 1. The summed E-state index contributed by atoms with van der Waals surface area (Å²) in [6.45, 7) is 8.78. The van der Waals surface area contributed by atoms with Crippen LogP contribution in [-0.4, -0.2) is 65.0 Å². The van der Waals surface area contributed by atoms with Crippen molar-refractivity contribution in [1.82, 2.24) is 19.7 Å². The first-order valence-electron chi connectivity index (χ1n) is 11.8. The summed E-state index contributed by atoms with van der Waals surface area (Å²) in [4.78, 5) is 23.0. The molecule has 0 spiro atoms. The summed E-state index contributed by atoms with van der Waals surface area (Å²) in [5.41, 5.74) is 4.20. The van der Waals surface area contributed by atoms with E-state index in [1.54, 1.807) is 15.8 Å². The lowest BCUT2D eigenvalue weighted by atomic mass is 10.2. The number of anilines is 1. The van der Waals surface area contributed by atoms with Crippen molar-refractivity contribution >= 4 is 56.6 Å². The summed E-state index contributed by atoms with van der Waals surface area (Å²) in [5, 5.41) is 5.88. The molecule has 1 aliphatic heterocycles. The minimum atomic E-state index is -0.0885. The van der Waals surface area contributed by atoms with E-state index in [4.69, 9.17) is 21.3 Å². The topological polar surface area (TPSA) is 63.5 Å². The van der Waals surface area contributed by atoms with E-state index in [0.29, 0.717) is 22.3 Å². The van der Waals surface area contributed by atoms with E-state index in [2.05, 4.69) is 10.00 Å². The molecule has 190 valence electrons. The fourth-order valence-corrected chi connectivity index (χ4v) is 5.86. The van der Waals surface area contributed by atoms with Crippen molar-refractivity contribution in [2.45, 2.75) is 20.3 Å². The van der Waals surface area contributed by atoms with Crippen LogP contribution < -0.4 is 4.90 Å². The van der Waals surface area contributed by atoms with E-state index in [0.717, 1.165) is 66.4 Å². The molecule has 36 heavy (non-hydrogen) atoms. The second-order valence-electron chi connectivity index (χ2n) is 8.72. The Labute approximate surface area is 226 Å². The highest BCUT2D eigenvalue weighted by Gasteiger charge is 2.26. The lowest BCUT2D eigenvalue weighted by Crippen LogP contribution is -2.39. The van der Waals surface area contributed by atoms with E-state index < -0.39 is 0 Å². The molecule has 0 unspecified atom stereocenters. The zero-order valence-corrected chi connectivity index (χ0v) is 22.7. The second-order valence-corrected chi connectivity index (χ2v) is 10.2. The lowest BCUT2D eigenvalue weighted by molar-refractivity contribution is 0.0376. The third kappa shape index (κ3) is 5.58. The van der Waals surface area contributed by atoms with Gasteiger partial charge in [0.15, 0.2) is 5.13 Å². The van der Waals surface area contributed by atoms with Crippen LogP contribution in [0.25, 0.3) is 15.9 Å². The summed E-state index contributed by atoms with van der Waals surface area (Å²) in [7, 11) is 0. The Hall–Kier alpha value is -2.49. The predicted octanol–water partition coefficient (Wildman–Crippen LogP) is 5.54. The minimum Gasteiger partial charge on any atom is -0.379 e. The third-order valence-corrected chi connectivity index (χ3v) is 7.56. The fraction of sp³-hybridized carbons (Fsp3) is 0.346. The molecule has 1 aliphatic rings. The second kappa shape index (κ2) is 11.7. The highest BCUT2D eigenvalue weighted by atomic mass is 35.5. The first kappa shape index (κ1) is 26.6. The molecule has 0 bridgehead atoms. The van der Waals surface area contributed by atoms with Gasteiger partial charge in [-0.15, -0.1) is 12.4 Å². The van der Waals surface area contributed by atoms with Crippen molar-refractivity contribution in [1.29, 1.82) is 0 Å². The maximum Gasteiger partial charge on any atom is 0.263 e. The van der Waals surface area contributed by atoms with Gasteiger partial charge in [0, 0.05) is 31.2 Å². The molecule has 0 aliphatic carbocycles. The maximum absolute atomic E-state index is 13.9. The number of benzene rings is 2. The number of morpholine rings is 1. The van der Waals surface area contributed by atoms with E-state index in [-0.39, 0.29) is 18.3 Å². The van der Waals surface area contributed by atoms with Crippen LogP contribution in [0.15, 0.2) is 48.7 Å². The Morgan fingerprint density at radius 1 is 1.17 bits per heavy atom. The number of aromatic nitrogens is 3. The zero-order valence-electron chi connectivity index (χ0n) is 20.3. The average Bonchev–Trinajstić information content (AvgIpc) is 3.46. The van der Waals surface area contributed by atoms with Crippen LogP contribution in [0.3, 0.4) is 0 Å². The Morgan fingerprint density at radius 2 is 1.92 bits per heavy atom. The van der Waals surface area contributed by atoms with Gasteiger partial charge >= 0.3 is 0 Å². The zero-order chi connectivity index (χ0) is 24.4. The van der Waals surface area contributed by atoms with Crippen LogP contribution in [0.4, 0.5) is 5.13 Å². The van der Waals surface area contributed by atoms with Gasteiger partial charge in [-0.3, -0.25) is 14.6 Å². The normalized spacial score (nSPS) is 14.1. The molecular formula is C26H29Cl2N5O2S. The van der Waals surface area contributed by atoms with Crippen LogP contribution >= 0.6 is 35.3 Å². The number of amides is 1. The number of fused-ring (bicyclic) bond motifs is 1. The van der Waals surface area contributed by atoms with Gasteiger partial charge in [-0.2, -0.15) is 5.10 Å². The number of halogens is 2. The fourth-order valence-electron chi connectivity index (χ4n) is 4.41. The van der Waals surface area contributed by atoms with Gasteiger partial charge in [0.1, 0.15) is 0 Å². The molecule has 0 radical (unpaired) electrons. The van der Waals surface area contributed by atoms with Crippen LogP contribution in [0.5, 0.6) is 0 Å².